The van der Waals surface area contributed by atoms with E-state index in [4.69, 9.17) is 0 Å². The van der Waals surface area contributed by atoms with Crippen molar-refractivity contribution in [2.75, 3.05) is 0 Å². The minimum absolute atomic E-state index is 1.08. The van der Waals surface area contributed by atoms with Crippen molar-refractivity contribution in [3.05, 3.63) is 48.6 Å². The number of hydrogen-bond acceptors (Lipinski definition) is 0. The maximum absolute atomic E-state index is 2.42. The molecule has 162 valence electrons. The van der Waals surface area contributed by atoms with Gasteiger partial charge >= 0.3 is 0 Å². The molecule has 0 aromatic carbocycles. The third kappa shape index (κ3) is 25.0. The summed E-state index contributed by atoms with van der Waals surface area (Å²) < 4.78 is 0. The van der Waals surface area contributed by atoms with Crippen molar-refractivity contribution in [1.29, 1.82) is 0 Å². The van der Waals surface area contributed by atoms with Crippen LogP contribution in [0.4, 0.5) is 0 Å². The van der Waals surface area contributed by atoms with Crippen LogP contribution in [0.1, 0.15) is 129 Å². The number of allylic oxidation sites excluding steroid dienone is 8. The predicted molar refractivity (Wildman–Crippen MR) is 131 cm³/mol. The summed E-state index contributed by atoms with van der Waals surface area (Å²) in [6, 6.07) is 0. The highest BCUT2D eigenvalue weighted by atomic mass is 14.0. The third-order valence-electron chi connectivity index (χ3n) is 5.16. The Bertz CT molecular complexity index is 383. The van der Waals surface area contributed by atoms with E-state index in [1.165, 1.54) is 96.3 Å². The topological polar surface area (TPSA) is 0 Å². The fourth-order valence-electron chi connectivity index (χ4n) is 3.34. The Morgan fingerprint density at radius 3 is 1.18 bits per heavy atom. The van der Waals surface area contributed by atoms with E-state index in [0.29, 0.717) is 0 Å². The molecule has 0 aliphatic rings. The Labute approximate surface area is 178 Å². The highest BCUT2D eigenvalue weighted by molar-refractivity contribution is 4.96. The van der Waals surface area contributed by atoms with Gasteiger partial charge in [-0.3, -0.25) is 0 Å². The monoisotopic (exact) mass is 386 g/mol. The molecule has 0 saturated heterocycles. The van der Waals surface area contributed by atoms with E-state index in [0.717, 1.165) is 19.3 Å². The van der Waals surface area contributed by atoms with Gasteiger partial charge in [0.1, 0.15) is 0 Å². The SMILES string of the molecule is CCC=CCC=CCC=CCCCCCCCC=CCCCCCCCCC. The molecule has 0 unspecified atom stereocenters. The molecule has 0 aliphatic carbocycles. The second-order valence-electron chi connectivity index (χ2n) is 8.02. The van der Waals surface area contributed by atoms with Gasteiger partial charge < -0.3 is 0 Å². The lowest BCUT2D eigenvalue weighted by Gasteiger charge is -1.99. The minimum atomic E-state index is 1.08. The second-order valence-corrected chi connectivity index (χ2v) is 8.02. The van der Waals surface area contributed by atoms with Gasteiger partial charge in [-0.15, -0.1) is 0 Å². The number of hydrogen-bond donors (Lipinski definition) is 0. The van der Waals surface area contributed by atoms with Crippen LogP contribution in [0.5, 0.6) is 0 Å². The molecule has 0 aromatic heterocycles. The molecule has 0 fully saturated rings. The van der Waals surface area contributed by atoms with Crippen LogP contribution in [0.2, 0.25) is 0 Å². The van der Waals surface area contributed by atoms with E-state index in [-0.39, 0.29) is 0 Å². The lowest BCUT2D eigenvalue weighted by Crippen LogP contribution is -1.80. The van der Waals surface area contributed by atoms with Gasteiger partial charge in [-0.25, -0.2) is 0 Å². The van der Waals surface area contributed by atoms with Crippen molar-refractivity contribution in [3.63, 3.8) is 0 Å². The molecule has 0 heterocycles. The number of unbranched alkanes of at least 4 members (excludes halogenated alkanes) is 13. The maximum Gasteiger partial charge on any atom is -0.0169 e. The standard InChI is InChI=1S/C28H50/c1-3-5-7-9-11-13-15-17-19-21-23-25-27-28-26-24-22-20-18-16-14-12-10-8-6-4-2/h5,7,11,13,17,19-20,22H,3-4,6,8-10,12,14-16,18,21,23-28H2,1-2H3. The lowest BCUT2D eigenvalue weighted by atomic mass is 10.1. The summed E-state index contributed by atoms with van der Waals surface area (Å²) in [5, 5.41) is 0. The average Bonchev–Trinajstić information content (AvgIpc) is 2.71. The summed E-state index contributed by atoms with van der Waals surface area (Å²) in [6.07, 6.45) is 42.5. The van der Waals surface area contributed by atoms with Crippen molar-refractivity contribution < 1.29 is 0 Å². The molecule has 0 N–H and O–H groups in total. The Morgan fingerprint density at radius 1 is 0.357 bits per heavy atom. The minimum Gasteiger partial charge on any atom is -0.0885 e. The van der Waals surface area contributed by atoms with Crippen molar-refractivity contribution in [1.82, 2.24) is 0 Å². The van der Waals surface area contributed by atoms with E-state index in [9.17, 15) is 0 Å². The van der Waals surface area contributed by atoms with Crippen LogP contribution in [0.15, 0.2) is 48.6 Å². The van der Waals surface area contributed by atoms with Gasteiger partial charge in [0, 0.05) is 0 Å². The summed E-state index contributed by atoms with van der Waals surface area (Å²) >= 11 is 0. The zero-order valence-electron chi connectivity index (χ0n) is 19.3. The Hall–Kier alpha value is -1.04. The molecule has 0 atom stereocenters. The fraction of sp³-hybridized carbons (Fsp3) is 0.714. The highest BCUT2D eigenvalue weighted by Gasteiger charge is 1.90. The molecule has 0 bridgehead atoms. The van der Waals surface area contributed by atoms with Gasteiger partial charge in [0.15, 0.2) is 0 Å². The molecule has 0 aromatic rings. The molecule has 0 radical (unpaired) electrons. The van der Waals surface area contributed by atoms with Crippen molar-refractivity contribution in [2.24, 2.45) is 0 Å². The van der Waals surface area contributed by atoms with Crippen LogP contribution < -0.4 is 0 Å². The Morgan fingerprint density at radius 2 is 0.714 bits per heavy atom. The molecule has 28 heavy (non-hydrogen) atoms. The van der Waals surface area contributed by atoms with E-state index in [2.05, 4.69) is 62.5 Å². The van der Waals surface area contributed by atoms with Gasteiger partial charge in [-0.2, -0.15) is 0 Å². The summed E-state index contributed by atoms with van der Waals surface area (Å²) in [7, 11) is 0. The number of rotatable bonds is 21. The molecular formula is C28H50. The van der Waals surface area contributed by atoms with Crippen LogP contribution >= 0.6 is 0 Å². The van der Waals surface area contributed by atoms with Crippen LogP contribution in [0.25, 0.3) is 0 Å². The van der Waals surface area contributed by atoms with Crippen molar-refractivity contribution >= 4 is 0 Å². The molecule has 0 amide bonds. The van der Waals surface area contributed by atoms with Gasteiger partial charge in [0.05, 0.1) is 0 Å². The third-order valence-corrected chi connectivity index (χ3v) is 5.16. The van der Waals surface area contributed by atoms with E-state index < -0.39 is 0 Å². The van der Waals surface area contributed by atoms with Crippen LogP contribution in [0.3, 0.4) is 0 Å². The molecule has 0 nitrogen and oxygen atoms in total. The van der Waals surface area contributed by atoms with Crippen LogP contribution in [-0.2, 0) is 0 Å². The lowest BCUT2D eigenvalue weighted by molar-refractivity contribution is 0.591. The summed E-state index contributed by atoms with van der Waals surface area (Å²) in [5.41, 5.74) is 0. The quantitative estimate of drug-likeness (QED) is 0.136. The largest absolute Gasteiger partial charge is 0.0885 e. The van der Waals surface area contributed by atoms with Crippen LogP contribution in [0, 0.1) is 0 Å². The predicted octanol–water partition coefficient (Wildman–Crippen LogP) is 10.3. The summed E-state index contributed by atoms with van der Waals surface area (Å²) in [4.78, 5) is 0. The normalized spacial score (nSPS) is 12.5. The first-order chi connectivity index (χ1) is 13.9. The fourth-order valence-corrected chi connectivity index (χ4v) is 3.34. The van der Waals surface area contributed by atoms with Gasteiger partial charge in [-0.1, -0.05) is 120 Å². The van der Waals surface area contributed by atoms with E-state index in [1.54, 1.807) is 0 Å². The maximum atomic E-state index is 2.42. The first-order valence-corrected chi connectivity index (χ1v) is 12.5. The van der Waals surface area contributed by atoms with Gasteiger partial charge in [0.2, 0.25) is 0 Å². The van der Waals surface area contributed by atoms with Crippen molar-refractivity contribution in [2.45, 2.75) is 129 Å². The highest BCUT2D eigenvalue weighted by Crippen LogP contribution is 2.10. The Balaban J connectivity index is 3.20. The molecule has 0 spiro atoms. The second kappa shape index (κ2) is 26.0. The average molecular weight is 387 g/mol. The van der Waals surface area contributed by atoms with Crippen LogP contribution in [-0.4, -0.2) is 0 Å². The molecule has 0 aliphatic heterocycles. The Kier molecular flexibility index (Phi) is 25.0. The first-order valence-electron chi connectivity index (χ1n) is 12.5. The molecule has 0 heteroatoms. The van der Waals surface area contributed by atoms with Crippen molar-refractivity contribution in [3.8, 4) is 0 Å². The smallest absolute Gasteiger partial charge is 0.0169 e. The molecule has 0 saturated carbocycles. The zero-order valence-corrected chi connectivity index (χ0v) is 19.3. The van der Waals surface area contributed by atoms with E-state index in [1.807, 2.05) is 0 Å². The molecule has 0 rings (SSSR count). The first kappa shape index (κ1) is 27.0. The van der Waals surface area contributed by atoms with E-state index >= 15 is 0 Å². The summed E-state index contributed by atoms with van der Waals surface area (Å²) in [5.74, 6) is 0. The molecular weight excluding hydrogens is 336 g/mol. The van der Waals surface area contributed by atoms with Gasteiger partial charge in [0.25, 0.3) is 0 Å². The zero-order chi connectivity index (χ0) is 20.4. The van der Waals surface area contributed by atoms with Gasteiger partial charge in [-0.05, 0) is 57.8 Å². The summed E-state index contributed by atoms with van der Waals surface area (Å²) in [6.45, 7) is 4.47.